The molecule has 0 aromatic heterocycles. The van der Waals surface area contributed by atoms with E-state index < -0.39 is 12.1 Å². The van der Waals surface area contributed by atoms with E-state index in [4.69, 9.17) is 0 Å². The van der Waals surface area contributed by atoms with Crippen molar-refractivity contribution in [1.82, 2.24) is 5.32 Å². The summed E-state index contributed by atoms with van der Waals surface area (Å²) in [6, 6.07) is -0.632. The molecule has 4 nitrogen and oxygen atoms in total. The lowest BCUT2D eigenvalue weighted by molar-refractivity contribution is -0.123. The normalized spacial score (nSPS) is 13.4. The van der Waals surface area contributed by atoms with Gasteiger partial charge in [0, 0.05) is 6.42 Å². The topological polar surface area (TPSA) is 69.6 Å². The molecule has 0 aromatic carbocycles. The first-order chi connectivity index (χ1) is 20.2. The highest BCUT2D eigenvalue weighted by Gasteiger charge is 2.17. The molecule has 0 rings (SSSR count). The predicted molar refractivity (Wildman–Crippen MR) is 179 cm³/mol. The van der Waals surface area contributed by atoms with Crippen LogP contribution in [0.15, 0.2) is 24.3 Å². The summed E-state index contributed by atoms with van der Waals surface area (Å²) in [7, 11) is 0. The molecular weight excluding hydrogens is 506 g/mol. The molecule has 0 aliphatic carbocycles. The summed E-state index contributed by atoms with van der Waals surface area (Å²) in [5.74, 6) is -0.0746. The largest absolute Gasteiger partial charge is 0.394 e. The molecule has 0 radical (unpaired) electrons. The number of allylic oxidation sites excluding steroid dienone is 3. The number of hydrogen-bond donors (Lipinski definition) is 3. The van der Waals surface area contributed by atoms with Gasteiger partial charge in [-0.2, -0.15) is 0 Å². The van der Waals surface area contributed by atoms with Crippen molar-refractivity contribution < 1.29 is 15.0 Å². The maximum atomic E-state index is 12.3. The van der Waals surface area contributed by atoms with Gasteiger partial charge in [0.15, 0.2) is 0 Å². The molecule has 0 fully saturated rings. The Kier molecular flexibility index (Phi) is 32.5. The lowest BCUT2D eigenvalue weighted by Crippen LogP contribution is -2.45. The van der Waals surface area contributed by atoms with Gasteiger partial charge in [-0.05, 0) is 32.1 Å². The van der Waals surface area contributed by atoms with Crippen LogP contribution < -0.4 is 5.32 Å². The molecule has 0 bridgehead atoms. The van der Waals surface area contributed by atoms with Crippen LogP contribution >= 0.6 is 0 Å². The third kappa shape index (κ3) is 30.1. The lowest BCUT2D eigenvalue weighted by Gasteiger charge is -2.19. The molecule has 3 N–H and O–H groups in total. The third-order valence-electron chi connectivity index (χ3n) is 8.19. The van der Waals surface area contributed by atoms with Crippen molar-refractivity contribution in [2.75, 3.05) is 6.61 Å². The van der Waals surface area contributed by atoms with E-state index >= 15 is 0 Å². The SMILES string of the molecule is CCCCCCCCCCCC/C=C/CC/C=C/C(O)C(CO)NC(=O)CCCCCCCCCCCCCCC. The summed E-state index contributed by atoms with van der Waals surface area (Å²) in [6.45, 7) is 4.28. The Morgan fingerprint density at radius 1 is 0.561 bits per heavy atom. The minimum Gasteiger partial charge on any atom is -0.394 e. The molecule has 0 saturated heterocycles. The first kappa shape index (κ1) is 39.9. The molecule has 2 atom stereocenters. The summed E-state index contributed by atoms with van der Waals surface area (Å²) in [6.07, 6.45) is 41.2. The van der Waals surface area contributed by atoms with Gasteiger partial charge in [0.05, 0.1) is 18.8 Å². The number of hydrogen-bond acceptors (Lipinski definition) is 3. The molecule has 242 valence electrons. The highest BCUT2D eigenvalue weighted by molar-refractivity contribution is 5.76. The fourth-order valence-corrected chi connectivity index (χ4v) is 5.37. The number of aliphatic hydroxyl groups excluding tert-OH is 2. The van der Waals surface area contributed by atoms with Crippen molar-refractivity contribution in [3.8, 4) is 0 Å². The zero-order chi connectivity index (χ0) is 30.1. The molecule has 1 amide bonds. The fraction of sp³-hybridized carbons (Fsp3) is 0.865. The van der Waals surface area contributed by atoms with E-state index in [0.29, 0.717) is 6.42 Å². The monoisotopic (exact) mass is 578 g/mol. The minimum atomic E-state index is -0.855. The predicted octanol–water partition coefficient (Wildman–Crippen LogP) is 10.5. The van der Waals surface area contributed by atoms with Crippen LogP contribution in [0.25, 0.3) is 0 Å². The molecule has 0 heterocycles. The number of carbonyl (C=O) groups excluding carboxylic acids is 1. The van der Waals surface area contributed by atoms with Gasteiger partial charge in [-0.15, -0.1) is 0 Å². The van der Waals surface area contributed by atoms with Gasteiger partial charge in [0.25, 0.3) is 0 Å². The van der Waals surface area contributed by atoms with Crippen LogP contribution in [0.5, 0.6) is 0 Å². The zero-order valence-corrected chi connectivity index (χ0v) is 27.6. The Morgan fingerprint density at radius 3 is 1.41 bits per heavy atom. The van der Waals surface area contributed by atoms with Crippen LogP contribution in [-0.2, 0) is 4.79 Å². The smallest absolute Gasteiger partial charge is 0.220 e. The summed E-state index contributed by atoms with van der Waals surface area (Å²) in [5, 5.41) is 22.8. The van der Waals surface area contributed by atoms with Crippen molar-refractivity contribution in [2.24, 2.45) is 0 Å². The molecular formula is C37H71NO3. The Bertz CT molecular complexity index is 589. The second-order valence-electron chi connectivity index (χ2n) is 12.3. The summed E-state index contributed by atoms with van der Waals surface area (Å²) in [4.78, 5) is 12.3. The van der Waals surface area contributed by atoms with E-state index in [0.717, 1.165) is 32.1 Å². The van der Waals surface area contributed by atoms with Crippen LogP contribution in [0.2, 0.25) is 0 Å². The Hall–Kier alpha value is -1.13. The average Bonchev–Trinajstić information content (AvgIpc) is 2.97. The van der Waals surface area contributed by atoms with Crippen molar-refractivity contribution in [3.05, 3.63) is 24.3 Å². The first-order valence-electron chi connectivity index (χ1n) is 18.1. The number of unbranched alkanes of at least 4 members (excludes halogenated alkanes) is 23. The minimum absolute atomic E-state index is 0.0746. The van der Waals surface area contributed by atoms with Crippen LogP contribution in [0.3, 0.4) is 0 Å². The van der Waals surface area contributed by atoms with E-state index in [9.17, 15) is 15.0 Å². The van der Waals surface area contributed by atoms with Crippen molar-refractivity contribution in [1.29, 1.82) is 0 Å². The van der Waals surface area contributed by atoms with E-state index in [1.54, 1.807) is 6.08 Å². The van der Waals surface area contributed by atoms with E-state index in [2.05, 4.69) is 31.3 Å². The highest BCUT2D eigenvalue weighted by atomic mass is 16.3. The Balaban J connectivity index is 3.67. The van der Waals surface area contributed by atoms with Crippen molar-refractivity contribution >= 4 is 5.91 Å². The summed E-state index contributed by atoms with van der Waals surface area (Å²) in [5.41, 5.74) is 0. The number of rotatable bonds is 32. The maximum Gasteiger partial charge on any atom is 0.220 e. The number of carbonyl (C=O) groups is 1. The quantitative estimate of drug-likeness (QED) is 0.0550. The van der Waals surface area contributed by atoms with Gasteiger partial charge < -0.3 is 15.5 Å². The average molecular weight is 578 g/mol. The highest BCUT2D eigenvalue weighted by Crippen LogP contribution is 2.14. The van der Waals surface area contributed by atoms with E-state index in [-0.39, 0.29) is 12.5 Å². The van der Waals surface area contributed by atoms with Crippen molar-refractivity contribution in [2.45, 2.75) is 199 Å². The summed E-state index contributed by atoms with van der Waals surface area (Å²) >= 11 is 0. The molecule has 0 aliphatic heterocycles. The van der Waals surface area contributed by atoms with Crippen LogP contribution in [0.4, 0.5) is 0 Å². The molecule has 0 saturated carbocycles. The molecule has 0 spiro atoms. The van der Waals surface area contributed by atoms with E-state index in [1.165, 1.54) is 135 Å². The number of amides is 1. The molecule has 0 aromatic rings. The molecule has 0 aliphatic rings. The van der Waals surface area contributed by atoms with Gasteiger partial charge in [-0.1, -0.05) is 173 Å². The second-order valence-corrected chi connectivity index (χ2v) is 12.3. The van der Waals surface area contributed by atoms with Gasteiger partial charge in [-0.25, -0.2) is 0 Å². The second kappa shape index (κ2) is 33.4. The van der Waals surface area contributed by atoms with Crippen molar-refractivity contribution in [3.63, 3.8) is 0 Å². The van der Waals surface area contributed by atoms with Crippen LogP contribution in [0, 0.1) is 0 Å². The van der Waals surface area contributed by atoms with Crippen LogP contribution in [-0.4, -0.2) is 34.9 Å². The molecule has 2 unspecified atom stereocenters. The van der Waals surface area contributed by atoms with E-state index in [1.807, 2.05) is 6.08 Å². The zero-order valence-electron chi connectivity index (χ0n) is 27.6. The lowest BCUT2D eigenvalue weighted by atomic mass is 10.0. The van der Waals surface area contributed by atoms with Gasteiger partial charge in [-0.3, -0.25) is 4.79 Å². The fourth-order valence-electron chi connectivity index (χ4n) is 5.37. The Morgan fingerprint density at radius 2 is 0.951 bits per heavy atom. The molecule has 41 heavy (non-hydrogen) atoms. The van der Waals surface area contributed by atoms with Gasteiger partial charge >= 0.3 is 0 Å². The third-order valence-corrected chi connectivity index (χ3v) is 8.19. The maximum absolute atomic E-state index is 12.3. The van der Waals surface area contributed by atoms with Crippen LogP contribution in [0.1, 0.15) is 187 Å². The first-order valence-corrected chi connectivity index (χ1v) is 18.1. The number of aliphatic hydroxyl groups is 2. The molecule has 4 heteroatoms. The Labute approximate surface area is 256 Å². The van der Waals surface area contributed by atoms with Gasteiger partial charge in [0.2, 0.25) is 5.91 Å². The summed E-state index contributed by atoms with van der Waals surface area (Å²) < 4.78 is 0. The number of nitrogens with one attached hydrogen (secondary N) is 1. The standard InChI is InChI=1S/C37H71NO3/c1-3-5-7-9-11-13-15-17-18-19-21-22-24-26-28-30-32-36(40)35(34-39)38-37(41)33-31-29-27-25-23-20-16-14-12-10-8-6-4-2/h22,24,30,32,35-36,39-40H,3-21,23,25-29,31,33-34H2,1-2H3,(H,38,41)/b24-22+,32-30+. The van der Waals surface area contributed by atoms with Gasteiger partial charge in [0.1, 0.15) is 0 Å².